The summed E-state index contributed by atoms with van der Waals surface area (Å²) < 4.78 is 61.1. The average Bonchev–Trinajstić information content (AvgIpc) is 4.01. The van der Waals surface area contributed by atoms with E-state index in [2.05, 4.69) is 64.2 Å². The molecular formula is C45H66N7O19P3S-4. The fourth-order valence-corrected chi connectivity index (χ4v) is 15.9. The third-order valence-electron chi connectivity index (χ3n) is 16.4. The highest BCUT2D eigenvalue weighted by Crippen LogP contribution is 2.68. The predicted molar refractivity (Wildman–Crippen MR) is 258 cm³/mol. The van der Waals surface area contributed by atoms with Crippen molar-refractivity contribution in [2.24, 2.45) is 45.8 Å². The van der Waals surface area contributed by atoms with Gasteiger partial charge in [0.15, 0.2) is 28.6 Å². The maximum Gasteiger partial charge on any atom is 0.274 e. The Labute approximate surface area is 437 Å². The Kier molecular flexibility index (Phi) is 18.5. The van der Waals surface area contributed by atoms with Gasteiger partial charge < -0.3 is 74.1 Å². The van der Waals surface area contributed by atoms with Gasteiger partial charge in [-0.2, -0.15) is 0 Å². The molecule has 5 aliphatic rings. The molecule has 0 radical (unpaired) electrons. The van der Waals surface area contributed by atoms with E-state index in [1.165, 1.54) is 19.4 Å². The second-order valence-corrected chi connectivity index (χ2v) is 26.7. The molecule has 2 aromatic heterocycles. The standard InChI is InChI=1S/C45H70N7O19P3S/c1-24(28-8-9-29-27-7-6-25-18-26(53)10-13-44(25,4)30(27)11-14-45(28,29)5)31(54)19-34(56)75-17-16-47-33(55)12-15-48-41(59)38(58)43(2,3)21-68-74(65,66)71-73(63,64)67-20-32-37(70-72(60,61)62)36(57)42(69-32)52-23-51-35-39(46)49-22-50-40(35)52/h18,22-24,27-32,36-38,42,54,57-58H,6-17,19-21H2,1-5H3,(H,47,55)(H,48,59)(H,63,64)(H,65,66)(H2,46,49,50)(H2,60,61,62)/p-4/t24-,27-,28+,29-,30-,31?,32+,36+,37+,38-,42+,44-,45+/m0/s1. The van der Waals surface area contributed by atoms with Crippen LogP contribution in [0.5, 0.6) is 0 Å². The molecule has 2 amide bonds. The number of nitrogens with two attached hydrogens (primary N) is 1. The van der Waals surface area contributed by atoms with Crippen LogP contribution in [-0.4, -0.2) is 120 Å². The number of hydrogen-bond donors (Lipinski definition) is 6. The van der Waals surface area contributed by atoms with Gasteiger partial charge in [-0.25, -0.2) is 19.3 Å². The van der Waals surface area contributed by atoms with Crippen molar-refractivity contribution in [2.45, 2.75) is 136 Å². The number of aromatic nitrogens is 4. The summed E-state index contributed by atoms with van der Waals surface area (Å²) >= 11 is 1.00. The lowest BCUT2D eigenvalue weighted by Crippen LogP contribution is -2.51. The number of allylic oxidation sites excluding steroid dienone is 1. The van der Waals surface area contributed by atoms with Crippen molar-refractivity contribution in [2.75, 3.05) is 37.8 Å². The molecule has 30 heteroatoms. The molecule has 3 heterocycles. The quantitative estimate of drug-likeness (QED) is 0.0658. The molecule has 1 saturated heterocycles. The van der Waals surface area contributed by atoms with Crippen molar-refractivity contribution in [1.29, 1.82) is 0 Å². The SMILES string of the molecule is C[C@H](C(O)CC(=O)SCCNC(=O)CCNC(=O)[C@H](O)C(C)(C)COP(=O)([O-])OP(=O)([O-])OC[C@H]1O[C@@H](n2cnc3c(N)ncnc32)[C@H](O)[C@@H]1OP(=O)([O-])[O-])[C@H]1CC[C@H]2[C@@H]3CCC4=CC(=O)CC[C@]4(C)[C@H]3CC[C@]12C. The molecule has 7 rings (SSSR count). The van der Waals surface area contributed by atoms with Crippen LogP contribution in [0.15, 0.2) is 24.3 Å². The van der Waals surface area contributed by atoms with E-state index >= 15 is 0 Å². The van der Waals surface area contributed by atoms with Crippen molar-refractivity contribution in [3.05, 3.63) is 24.3 Å². The maximum absolute atomic E-state index is 13.0. The maximum atomic E-state index is 13.0. The Bertz CT molecular complexity index is 2640. The van der Waals surface area contributed by atoms with Crippen LogP contribution in [0.3, 0.4) is 0 Å². The molecule has 0 aromatic carbocycles. The largest absolute Gasteiger partial charge is 0.790 e. The molecule has 0 spiro atoms. The summed E-state index contributed by atoms with van der Waals surface area (Å²) in [5, 5.41) is 37.7. The third-order valence-corrected chi connectivity index (χ3v) is 20.3. The first-order chi connectivity index (χ1) is 34.9. The van der Waals surface area contributed by atoms with Gasteiger partial charge in [0.25, 0.3) is 15.6 Å². The van der Waals surface area contributed by atoms with Crippen molar-refractivity contribution >= 4 is 74.9 Å². The van der Waals surface area contributed by atoms with E-state index in [1.807, 2.05) is 6.08 Å². The summed E-state index contributed by atoms with van der Waals surface area (Å²) in [6, 6.07) is 0. The number of ether oxygens (including phenoxy) is 1. The molecule has 2 aromatic rings. The first-order valence-corrected chi connectivity index (χ1v) is 30.2. The number of carbonyl (C=O) groups excluding carboxylic acids is 4. The molecule has 4 aliphatic carbocycles. The average molecular weight is 1130 g/mol. The van der Waals surface area contributed by atoms with Gasteiger partial charge in [0.2, 0.25) is 11.8 Å². The summed E-state index contributed by atoms with van der Waals surface area (Å²) in [7, 11) is -17.7. The monoisotopic (exact) mass is 1130 g/mol. The van der Waals surface area contributed by atoms with E-state index < -0.39 is 90.7 Å². The van der Waals surface area contributed by atoms with E-state index in [0.29, 0.717) is 24.2 Å². The number of thioether (sulfide) groups is 1. The van der Waals surface area contributed by atoms with E-state index in [-0.39, 0.29) is 82.2 Å². The van der Waals surface area contributed by atoms with Gasteiger partial charge in [-0.05, 0) is 91.4 Å². The lowest BCUT2D eigenvalue weighted by atomic mass is 9.46. The number of aliphatic hydroxyl groups is 3. The lowest BCUT2D eigenvalue weighted by molar-refractivity contribution is -0.347. The van der Waals surface area contributed by atoms with E-state index in [1.54, 1.807) is 0 Å². The van der Waals surface area contributed by atoms with Gasteiger partial charge in [0, 0.05) is 43.5 Å². The van der Waals surface area contributed by atoms with E-state index in [9.17, 15) is 67.8 Å². The summed E-state index contributed by atoms with van der Waals surface area (Å²) in [6.45, 7) is 6.76. The van der Waals surface area contributed by atoms with Crippen molar-refractivity contribution in [3.63, 3.8) is 0 Å². The number of phosphoric acid groups is 3. The summed E-state index contributed by atoms with van der Waals surface area (Å²) in [6.07, 6.45) is 1.28. The topological polar surface area (TPSA) is 412 Å². The van der Waals surface area contributed by atoms with Crippen LogP contribution in [0.2, 0.25) is 0 Å². The molecule has 4 fully saturated rings. The molecule has 0 bridgehead atoms. The highest BCUT2D eigenvalue weighted by molar-refractivity contribution is 8.13. The summed E-state index contributed by atoms with van der Waals surface area (Å²) in [5.74, 6) is 0.787. The lowest BCUT2D eigenvalue weighted by Gasteiger charge is -2.58. The zero-order valence-electron chi connectivity index (χ0n) is 42.2. The number of rotatable bonds is 23. The molecule has 7 N–H and O–H groups in total. The molecule has 1 aliphatic heterocycles. The number of hydrogen-bond acceptors (Lipinski definition) is 24. The van der Waals surface area contributed by atoms with Gasteiger partial charge in [0.05, 0.1) is 33.5 Å². The van der Waals surface area contributed by atoms with Crippen molar-refractivity contribution in [3.8, 4) is 0 Å². The number of fused-ring (bicyclic) bond motifs is 6. The molecule has 3 unspecified atom stereocenters. The minimum Gasteiger partial charge on any atom is -0.790 e. The number of phosphoric ester groups is 3. The normalized spacial score (nSPS) is 31.7. The Hall–Kier alpha value is -3.07. The van der Waals surface area contributed by atoms with Crippen LogP contribution in [0, 0.1) is 45.8 Å². The number of carbonyl (C=O) groups is 4. The highest BCUT2D eigenvalue weighted by Gasteiger charge is 2.60. The van der Waals surface area contributed by atoms with Crippen LogP contribution >= 0.6 is 35.2 Å². The smallest absolute Gasteiger partial charge is 0.274 e. The number of amides is 2. The molecule has 15 atom stereocenters. The van der Waals surface area contributed by atoms with Gasteiger partial charge in [-0.15, -0.1) is 0 Å². The molecule has 3 saturated carbocycles. The van der Waals surface area contributed by atoms with E-state index in [4.69, 9.17) is 10.5 Å². The first kappa shape index (κ1) is 59.6. The number of nitrogens with one attached hydrogen (secondary N) is 2. The van der Waals surface area contributed by atoms with Crippen LogP contribution in [-0.2, 0) is 55.5 Å². The number of imidazole rings is 1. The van der Waals surface area contributed by atoms with Gasteiger partial charge in [-0.3, -0.25) is 32.9 Å². The van der Waals surface area contributed by atoms with Crippen molar-refractivity contribution < 1.29 is 90.4 Å². The molecule has 75 heavy (non-hydrogen) atoms. The molecule has 26 nitrogen and oxygen atoms in total. The van der Waals surface area contributed by atoms with Crippen LogP contribution in [0.4, 0.5) is 5.82 Å². The Morgan fingerprint density at radius 1 is 0.987 bits per heavy atom. The van der Waals surface area contributed by atoms with Gasteiger partial charge in [0.1, 0.15) is 36.3 Å². The zero-order chi connectivity index (χ0) is 55.1. The molecule has 420 valence electrons. The number of nitrogen functional groups attached to an aromatic ring is 1. The Morgan fingerprint density at radius 2 is 1.71 bits per heavy atom. The summed E-state index contributed by atoms with van der Waals surface area (Å²) in [5.41, 5.74) is 5.55. The predicted octanol–water partition coefficient (Wildman–Crippen LogP) is 0.672. The highest BCUT2D eigenvalue weighted by atomic mass is 32.2. The minimum absolute atomic E-state index is 0.0181. The van der Waals surface area contributed by atoms with Gasteiger partial charge in [-0.1, -0.05) is 52.0 Å². The zero-order valence-corrected chi connectivity index (χ0v) is 45.7. The minimum atomic E-state index is -5.95. The second kappa shape index (κ2) is 23.3. The van der Waals surface area contributed by atoms with Crippen LogP contribution in [0.25, 0.3) is 11.2 Å². The number of aliphatic hydroxyl groups excluding tert-OH is 3. The Morgan fingerprint density at radius 3 is 2.43 bits per heavy atom. The van der Waals surface area contributed by atoms with E-state index in [0.717, 1.165) is 73.9 Å². The number of anilines is 1. The number of nitrogens with zero attached hydrogens (tertiary/aromatic N) is 4. The van der Waals surface area contributed by atoms with Crippen LogP contribution in [0.1, 0.15) is 105 Å². The fourth-order valence-electron chi connectivity index (χ4n) is 12.4. The molecular weight excluding hydrogens is 1070 g/mol. The third kappa shape index (κ3) is 13.7. The number of ketones is 1. The second-order valence-electron chi connectivity index (χ2n) is 21.5. The van der Waals surface area contributed by atoms with Crippen molar-refractivity contribution in [1.82, 2.24) is 30.2 Å². The van der Waals surface area contributed by atoms with Gasteiger partial charge >= 0.3 is 0 Å². The first-order valence-electron chi connectivity index (χ1n) is 24.8. The summed E-state index contributed by atoms with van der Waals surface area (Å²) in [4.78, 5) is 111. The van der Waals surface area contributed by atoms with Crippen LogP contribution < -0.4 is 35.9 Å². The Balaban J connectivity index is 0.785. The fraction of sp³-hybridized carbons (Fsp3) is 0.756.